The van der Waals surface area contributed by atoms with E-state index in [-0.39, 0.29) is 18.9 Å². The standard InChI is InChI=1S/C12H12F3N3O2/c13-12(14,15)7-19-6-5-10-17-11(20-18-10)8-1-3-9(16)4-2-8/h1-4H,5-7,16H2. The third kappa shape index (κ3) is 4.23. The molecule has 1 heterocycles. The molecule has 0 saturated carbocycles. The molecule has 0 spiro atoms. The van der Waals surface area contributed by atoms with E-state index in [9.17, 15) is 13.2 Å². The number of nitrogens with zero attached hydrogens (tertiary/aromatic N) is 2. The van der Waals surface area contributed by atoms with Crippen LogP contribution in [0.5, 0.6) is 0 Å². The van der Waals surface area contributed by atoms with Crippen molar-refractivity contribution in [3.63, 3.8) is 0 Å². The summed E-state index contributed by atoms with van der Waals surface area (Å²) in [6, 6.07) is 6.80. The molecule has 2 rings (SSSR count). The Hall–Kier alpha value is -2.09. The number of benzene rings is 1. The Balaban J connectivity index is 1.88. The van der Waals surface area contributed by atoms with Crippen molar-refractivity contribution < 1.29 is 22.4 Å². The number of hydrogen-bond donors (Lipinski definition) is 1. The van der Waals surface area contributed by atoms with Crippen molar-refractivity contribution in [3.8, 4) is 11.5 Å². The second kappa shape index (κ2) is 5.91. The highest BCUT2D eigenvalue weighted by molar-refractivity contribution is 5.56. The number of ether oxygens (including phenoxy) is 1. The lowest BCUT2D eigenvalue weighted by Gasteiger charge is -2.05. The smallest absolute Gasteiger partial charge is 0.399 e. The number of rotatable bonds is 5. The van der Waals surface area contributed by atoms with Crippen LogP contribution in [0.15, 0.2) is 28.8 Å². The zero-order valence-corrected chi connectivity index (χ0v) is 10.4. The van der Waals surface area contributed by atoms with Crippen LogP contribution in [0.25, 0.3) is 11.5 Å². The highest BCUT2D eigenvalue weighted by Gasteiger charge is 2.27. The van der Waals surface area contributed by atoms with E-state index >= 15 is 0 Å². The maximum atomic E-state index is 11.9. The molecule has 8 heteroatoms. The van der Waals surface area contributed by atoms with Crippen molar-refractivity contribution in [1.82, 2.24) is 10.1 Å². The van der Waals surface area contributed by atoms with Crippen LogP contribution in [0.2, 0.25) is 0 Å². The normalized spacial score (nSPS) is 11.8. The topological polar surface area (TPSA) is 74.2 Å². The predicted octanol–water partition coefficient (Wildman–Crippen LogP) is 2.44. The van der Waals surface area contributed by atoms with Gasteiger partial charge in [-0.05, 0) is 24.3 Å². The first-order chi connectivity index (χ1) is 9.44. The lowest BCUT2D eigenvalue weighted by atomic mass is 10.2. The Morgan fingerprint density at radius 2 is 1.90 bits per heavy atom. The lowest BCUT2D eigenvalue weighted by molar-refractivity contribution is -0.173. The zero-order valence-electron chi connectivity index (χ0n) is 10.4. The Morgan fingerprint density at radius 1 is 1.20 bits per heavy atom. The van der Waals surface area contributed by atoms with Crippen molar-refractivity contribution in [1.29, 1.82) is 0 Å². The van der Waals surface area contributed by atoms with E-state index in [4.69, 9.17) is 10.3 Å². The molecular weight excluding hydrogens is 275 g/mol. The molecular formula is C12H12F3N3O2. The minimum absolute atomic E-state index is 0.125. The molecule has 5 nitrogen and oxygen atoms in total. The first-order valence-electron chi connectivity index (χ1n) is 5.77. The quantitative estimate of drug-likeness (QED) is 0.675. The van der Waals surface area contributed by atoms with Crippen molar-refractivity contribution >= 4 is 5.69 Å². The molecule has 1 aromatic heterocycles. The van der Waals surface area contributed by atoms with Crippen LogP contribution >= 0.6 is 0 Å². The maximum absolute atomic E-state index is 11.9. The number of alkyl halides is 3. The SMILES string of the molecule is Nc1ccc(-c2nc(CCOCC(F)(F)F)no2)cc1. The van der Waals surface area contributed by atoms with Crippen molar-refractivity contribution in [2.45, 2.75) is 12.6 Å². The van der Waals surface area contributed by atoms with Crippen LogP contribution in [0.1, 0.15) is 5.82 Å². The average molecular weight is 287 g/mol. The van der Waals surface area contributed by atoms with Gasteiger partial charge in [0, 0.05) is 17.7 Å². The maximum Gasteiger partial charge on any atom is 0.411 e. The van der Waals surface area contributed by atoms with Gasteiger partial charge in [-0.2, -0.15) is 18.2 Å². The Bertz CT molecular complexity index is 552. The molecule has 20 heavy (non-hydrogen) atoms. The summed E-state index contributed by atoms with van der Waals surface area (Å²) in [7, 11) is 0. The third-order valence-electron chi connectivity index (χ3n) is 2.36. The van der Waals surface area contributed by atoms with Crippen LogP contribution in [-0.2, 0) is 11.2 Å². The molecule has 0 aliphatic rings. The van der Waals surface area contributed by atoms with E-state index in [1.807, 2.05) is 0 Å². The molecule has 0 fully saturated rings. The van der Waals surface area contributed by atoms with Crippen LogP contribution < -0.4 is 5.73 Å². The molecule has 0 aliphatic carbocycles. The van der Waals surface area contributed by atoms with E-state index in [1.54, 1.807) is 24.3 Å². The summed E-state index contributed by atoms with van der Waals surface area (Å²) >= 11 is 0. The minimum Gasteiger partial charge on any atom is -0.399 e. The van der Waals surface area contributed by atoms with Crippen LogP contribution in [0, 0.1) is 0 Å². The van der Waals surface area contributed by atoms with E-state index in [0.29, 0.717) is 17.1 Å². The summed E-state index contributed by atoms with van der Waals surface area (Å²) in [5.74, 6) is 0.579. The summed E-state index contributed by atoms with van der Waals surface area (Å²) < 4.78 is 45.0. The Morgan fingerprint density at radius 3 is 2.55 bits per heavy atom. The number of aromatic nitrogens is 2. The van der Waals surface area contributed by atoms with Gasteiger partial charge in [0.25, 0.3) is 5.89 Å². The van der Waals surface area contributed by atoms with Crippen molar-refractivity contribution in [2.24, 2.45) is 0 Å². The van der Waals surface area contributed by atoms with Gasteiger partial charge in [0.15, 0.2) is 5.82 Å². The molecule has 0 amide bonds. The van der Waals surface area contributed by atoms with Gasteiger partial charge in [-0.25, -0.2) is 0 Å². The predicted molar refractivity (Wildman–Crippen MR) is 64.7 cm³/mol. The zero-order chi connectivity index (χ0) is 14.6. The van der Waals surface area contributed by atoms with Gasteiger partial charge in [-0.1, -0.05) is 5.16 Å². The number of anilines is 1. The highest BCUT2D eigenvalue weighted by Crippen LogP contribution is 2.18. The van der Waals surface area contributed by atoms with Gasteiger partial charge in [0.2, 0.25) is 0 Å². The molecule has 0 bridgehead atoms. The summed E-state index contributed by atoms with van der Waals surface area (Å²) in [4.78, 5) is 4.06. The van der Waals surface area contributed by atoms with Crippen molar-refractivity contribution in [2.75, 3.05) is 18.9 Å². The first kappa shape index (κ1) is 14.3. The highest BCUT2D eigenvalue weighted by atomic mass is 19.4. The van der Waals surface area contributed by atoms with Gasteiger partial charge in [0.05, 0.1) is 6.61 Å². The van der Waals surface area contributed by atoms with Crippen LogP contribution in [0.3, 0.4) is 0 Å². The molecule has 0 aliphatic heterocycles. The van der Waals surface area contributed by atoms with Gasteiger partial charge in [-0.3, -0.25) is 0 Å². The van der Waals surface area contributed by atoms with E-state index in [1.165, 1.54) is 0 Å². The van der Waals surface area contributed by atoms with Crippen LogP contribution in [-0.4, -0.2) is 29.5 Å². The van der Waals surface area contributed by atoms with Crippen LogP contribution in [0.4, 0.5) is 18.9 Å². The van der Waals surface area contributed by atoms with Gasteiger partial charge >= 0.3 is 6.18 Å². The van der Waals surface area contributed by atoms with Gasteiger partial charge in [0.1, 0.15) is 6.61 Å². The first-order valence-corrected chi connectivity index (χ1v) is 5.77. The molecule has 1 aromatic carbocycles. The summed E-state index contributed by atoms with van der Waals surface area (Å²) in [6.07, 6.45) is -4.18. The fourth-order valence-electron chi connectivity index (χ4n) is 1.45. The molecule has 2 N–H and O–H groups in total. The van der Waals surface area contributed by atoms with E-state index in [0.717, 1.165) is 0 Å². The molecule has 108 valence electrons. The number of hydrogen-bond acceptors (Lipinski definition) is 5. The molecule has 2 aromatic rings. The molecule has 0 radical (unpaired) electrons. The number of halogens is 3. The third-order valence-corrected chi connectivity index (χ3v) is 2.36. The lowest BCUT2D eigenvalue weighted by Crippen LogP contribution is -2.18. The summed E-state index contributed by atoms with van der Waals surface area (Å²) in [5, 5.41) is 3.67. The number of nitrogens with two attached hydrogens (primary N) is 1. The fraction of sp³-hybridized carbons (Fsp3) is 0.333. The van der Waals surface area contributed by atoms with E-state index in [2.05, 4.69) is 14.9 Å². The second-order valence-corrected chi connectivity index (χ2v) is 4.06. The fourth-order valence-corrected chi connectivity index (χ4v) is 1.45. The Labute approximate surface area is 112 Å². The molecule has 0 saturated heterocycles. The monoisotopic (exact) mass is 287 g/mol. The van der Waals surface area contributed by atoms with Gasteiger partial charge in [-0.15, -0.1) is 0 Å². The summed E-state index contributed by atoms with van der Waals surface area (Å²) in [6.45, 7) is -1.41. The van der Waals surface area contributed by atoms with Gasteiger partial charge < -0.3 is 15.0 Å². The van der Waals surface area contributed by atoms with Crippen molar-refractivity contribution in [3.05, 3.63) is 30.1 Å². The molecule has 0 unspecified atom stereocenters. The summed E-state index contributed by atoms with van der Waals surface area (Å²) in [5.41, 5.74) is 6.85. The largest absolute Gasteiger partial charge is 0.411 e. The number of nitrogen functional groups attached to an aromatic ring is 1. The Kier molecular flexibility index (Phi) is 4.23. The van der Waals surface area contributed by atoms with E-state index < -0.39 is 12.8 Å². The average Bonchev–Trinajstić information content (AvgIpc) is 2.83. The second-order valence-electron chi connectivity index (χ2n) is 4.06. The minimum atomic E-state index is -4.33. The molecule has 0 atom stereocenters.